The summed E-state index contributed by atoms with van der Waals surface area (Å²) >= 11 is 1.71. The summed E-state index contributed by atoms with van der Waals surface area (Å²) in [6.07, 6.45) is 0. The minimum absolute atomic E-state index is 0.105. The Bertz CT molecular complexity index is 1310. The molecule has 1 aliphatic heterocycles. The molecule has 0 spiro atoms. The third-order valence-corrected chi connectivity index (χ3v) is 7.33. The molecule has 0 atom stereocenters. The summed E-state index contributed by atoms with van der Waals surface area (Å²) < 4.78 is 11.9. The molecule has 1 saturated heterocycles. The maximum Gasteiger partial charge on any atom is 0.255 e. The molecule has 1 N–H and O–H groups in total. The Labute approximate surface area is 202 Å². The number of nitrogens with zero attached hydrogens (tertiary/aromatic N) is 3. The third kappa shape index (κ3) is 4.64. The second-order valence-corrected chi connectivity index (χ2v) is 9.32. The van der Waals surface area contributed by atoms with Gasteiger partial charge < -0.3 is 19.7 Å². The van der Waals surface area contributed by atoms with E-state index < -0.39 is 0 Å². The molecular weight excluding hydrogens is 448 g/mol. The van der Waals surface area contributed by atoms with Crippen LogP contribution in [0.5, 0.6) is 11.5 Å². The van der Waals surface area contributed by atoms with Crippen LogP contribution in [0.4, 0.5) is 5.13 Å². The number of piperazine rings is 1. The van der Waals surface area contributed by atoms with Crippen LogP contribution in [0.3, 0.4) is 0 Å². The summed E-state index contributed by atoms with van der Waals surface area (Å²) in [6, 6.07) is 17.8. The van der Waals surface area contributed by atoms with Crippen molar-refractivity contribution in [2.45, 2.75) is 0 Å². The average molecular weight is 477 g/mol. The van der Waals surface area contributed by atoms with Crippen LogP contribution in [0.1, 0.15) is 10.4 Å². The van der Waals surface area contributed by atoms with Gasteiger partial charge in [-0.25, -0.2) is 4.98 Å². The molecule has 5 rings (SSSR count). The number of hydrogen-bond acceptors (Lipinski definition) is 7. The molecule has 1 amide bonds. The number of nitrogens with one attached hydrogen (secondary N) is 1. The number of carbonyl (C=O) groups is 1. The summed E-state index contributed by atoms with van der Waals surface area (Å²) in [4.78, 5) is 22.4. The number of aromatic nitrogens is 1. The van der Waals surface area contributed by atoms with Crippen LogP contribution in [-0.4, -0.2) is 69.3 Å². The molecule has 3 aromatic carbocycles. The molecule has 176 valence electrons. The van der Waals surface area contributed by atoms with Crippen molar-refractivity contribution in [1.29, 1.82) is 0 Å². The minimum Gasteiger partial charge on any atom is -0.497 e. The van der Waals surface area contributed by atoms with E-state index in [4.69, 9.17) is 14.5 Å². The van der Waals surface area contributed by atoms with E-state index >= 15 is 0 Å². The molecule has 4 aromatic rings. The first-order valence-corrected chi connectivity index (χ1v) is 12.2. The summed E-state index contributed by atoms with van der Waals surface area (Å²) in [6.45, 7) is 5.12. The first-order chi connectivity index (χ1) is 16.6. The zero-order valence-electron chi connectivity index (χ0n) is 19.4. The number of benzene rings is 3. The van der Waals surface area contributed by atoms with Gasteiger partial charge in [-0.2, -0.15) is 0 Å². The number of ether oxygens (including phenoxy) is 2. The summed E-state index contributed by atoms with van der Waals surface area (Å²) in [5.41, 5.74) is 1.58. The molecule has 1 aromatic heterocycles. The van der Waals surface area contributed by atoms with Gasteiger partial charge in [0.2, 0.25) is 0 Å². The molecule has 0 bridgehead atoms. The molecule has 0 saturated carbocycles. The summed E-state index contributed by atoms with van der Waals surface area (Å²) in [7, 11) is 3.28. The van der Waals surface area contributed by atoms with Gasteiger partial charge in [0.25, 0.3) is 5.91 Å². The quantitative estimate of drug-likeness (QED) is 0.435. The standard InChI is InChI=1S/C26H28N4O3S/c1-32-20-7-8-22-24(17-20)34-26(28-22)30-13-11-29(12-14-30)10-9-27-25(31)21-15-18-5-3-4-6-19(18)16-23(21)33-2/h3-8,15-17H,9-14H2,1-2H3,(H,27,31). The SMILES string of the molecule is COc1ccc2nc(N3CCN(CCNC(=O)c4cc5ccccc5cc4OC)CC3)sc2c1. The number of amides is 1. The smallest absolute Gasteiger partial charge is 0.255 e. The van der Waals surface area contributed by atoms with E-state index in [1.807, 2.05) is 54.6 Å². The Balaban J connectivity index is 1.14. The van der Waals surface area contributed by atoms with Crippen LogP contribution in [0.15, 0.2) is 54.6 Å². The normalized spacial score (nSPS) is 14.5. The topological polar surface area (TPSA) is 66.9 Å². The zero-order valence-corrected chi connectivity index (χ0v) is 20.2. The lowest BCUT2D eigenvalue weighted by atomic mass is 10.1. The lowest BCUT2D eigenvalue weighted by Gasteiger charge is -2.34. The van der Waals surface area contributed by atoms with E-state index in [2.05, 4.69) is 15.1 Å². The van der Waals surface area contributed by atoms with E-state index in [0.717, 1.165) is 64.6 Å². The highest BCUT2D eigenvalue weighted by Crippen LogP contribution is 2.32. The van der Waals surface area contributed by atoms with Crippen molar-refractivity contribution < 1.29 is 14.3 Å². The molecule has 0 unspecified atom stereocenters. The van der Waals surface area contributed by atoms with Gasteiger partial charge >= 0.3 is 0 Å². The monoisotopic (exact) mass is 476 g/mol. The highest BCUT2D eigenvalue weighted by Gasteiger charge is 2.20. The summed E-state index contributed by atoms with van der Waals surface area (Å²) in [5.74, 6) is 1.35. The van der Waals surface area contributed by atoms with Crippen molar-refractivity contribution in [1.82, 2.24) is 15.2 Å². The number of carbonyl (C=O) groups excluding carboxylic acids is 1. The van der Waals surface area contributed by atoms with E-state index in [-0.39, 0.29) is 5.91 Å². The van der Waals surface area contributed by atoms with Gasteiger partial charge in [0.05, 0.1) is 30.0 Å². The number of hydrogen-bond donors (Lipinski definition) is 1. The van der Waals surface area contributed by atoms with Crippen molar-refractivity contribution in [3.8, 4) is 11.5 Å². The van der Waals surface area contributed by atoms with Crippen LogP contribution >= 0.6 is 11.3 Å². The molecule has 34 heavy (non-hydrogen) atoms. The van der Waals surface area contributed by atoms with E-state index in [9.17, 15) is 4.79 Å². The van der Waals surface area contributed by atoms with E-state index in [0.29, 0.717) is 17.9 Å². The van der Waals surface area contributed by atoms with Crippen LogP contribution in [0, 0.1) is 0 Å². The number of rotatable bonds is 7. The largest absolute Gasteiger partial charge is 0.497 e. The predicted molar refractivity (Wildman–Crippen MR) is 138 cm³/mol. The second kappa shape index (κ2) is 9.87. The third-order valence-electron chi connectivity index (χ3n) is 6.25. The Morgan fingerprint density at radius 1 is 1.00 bits per heavy atom. The first kappa shape index (κ1) is 22.4. The Hall–Kier alpha value is -3.36. The maximum atomic E-state index is 12.8. The molecule has 1 fully saturated rings. The van der Waals surface area contributed by atoms with Crippen molar-refractivity contribution in [3.05, 3.63) is 60.2 Å². The summed E-state index contributed by atoms with van der Waals surface area (Å²) in [5, 5.41) is 6.20. The molecule has 8 heteroatoms. The molecular formula is C26H28N4O3S. The molecule has 2 heterocycles. The number of anilines is 1. The van der Waals surface area contributed by atoms with Crippen molar-refractivity contribution in [2.75, 3.05) is 58.4 Å². The number of methoxy groups -OCH3 is 2. The lowest BCUT2D eigenvalue weighted by molar-refractivity contribution is 0.0945. The fourth-order valence-electron chi connectivity index (χ4n) is 4.31. The Morgan fingerprint density at radius 3 is 2.50 bits per heavy atom. The minimum atomic E-state index is -0.105. The average Bonchev–Trinajstić information content (AvgIpc) is 3.31. The highest BCUT2D eigenvalue weighted by molar-refractivity contribution is 7.22. The van der Waals surface area contributed by atoms with Gasteiger partial charge in [0.1, 0.15) is 11.5 Å². The van der Waals surface area contributed by atoms with Crippen LogP contribution < -0.4 is 19.7 Å². The van der Waals surface area contributed by atoms with Crippen LogP contribution in [-0.2, 0) is 0 Å². The molecule has 1 aliphatic rings. The van der Waals surface area contributed by atoms with Gasteiger partial charge in [-0.05, 0) is 41.1 Å². The number of fused-ring (bicyclic) bond motifs is 2. The number of thiazole rings is 1. The van der Waals surface area contributed by atoms with Gasteiger partial charge in [-0.3, -0.25) is 9.69 Å². The van der Waals surface area contributed by atoms with Crippen LogP contribution in [0.2, 0.25) is 0 Å². The fraction of sp³-hybridized carbons (Fsp3) is 0.308. The second-order valence-electron chi connectivity index (χ2n) is 8.31. The molecule has 7 nitrogen and oxygen atoms in total. The van der Waals surface area contributed by atoms with Gasteiger partial charge in [-0.1, -0.05) is 35.6 Å². The lowest BCUT2D eigenvalue weighted by Crippen LogP contribution is -2.48. The zero-order chi connectivity index (χ0) is 23.5. The van der Waals surface area contributed by atoms with Crippen molar-refractivity contribution in [2.24, 2.45) is 0 Å². The predicted octanol–water partition coefficient (Wildman–Crippen LogP) is 4.02. The van der Waals surface area contributed by atoms with Gasteiger partial charge in [-0.15, -0.1) is 0 Å². The molecule has 0 radical (unpaired) electrons. The van der Waals surface area contributed by atoms with Gasteiger partial charge in [0.15, 0.2) is 5.13 Å². The fourth-order valence-corrected chi connectivity index (χ4v) is 5.35. The van der Waals surface area contributed by atoms with E-state index in [1.165, 1.54) is 0 Å². The molecule has 0 aliphatic carbocycles. The van der Waals surface area contributed by atoms with Crippen LogP contribution in [0.25, 0.3) is 21.0 Å². The van der Waals surface area contributed by atoms with E-state index in [1.54, 1.807) is 25.6 Å². The highest BCUT2D eigenvalue weighted by atomic mass is 32.1. The maximum absolute atomic E-state index is 12.8. The first-order valence-electron chi connectivity index (χ1n) is 11.4. The Morgan fingerprint density at radius 2 is 1.76 bits per heavy atom. The Kier molecular flexibility index (Phi) is 6.51. The van der Waals surface area contributed by atoms with Crippen molar-refractivity contribution >= 4 is 43.4 Å². The van der Waals surface area contributed by atoms with Crippen molar-refractivity contribution in [3.63, 3.8) is 0 Å². The van der Waals surface area contributed by atoms with Gasteiger partial charge in [0, 0.05) is 39.3 Å².